The monoisotopic (exact) mass is 317 g/mol. The average molecular weight is 317 g/mol. The van der Waals surface area contributed by atoms with Crippen LogP contribution in [0.25, 0.3) is 0 Å². The highest BCUT2D eigenvalue weighted by Crippen LogP contribution is 2.29. The molecule has 2 aliphatic rings. The molecule has 6 heteroatoms. The van der Waals surface area contributed by atoms with Crippen LogP contribution < -0.4 is 0 Å². The predicted molar refractivity (Wildman–Crippen MR) is 78.3 cm³/mol. The third kappa shape index (κ3) is 2.58. The van der Waals surface area contributed by atoms with Crippen molar-refractivity contribution in [1.82, 2.24) is 4.90 Å². The summed E-state index contributed by atoms with van der Waals surface area (Å²) in [5.41, 5.74) is 0.0792. The number of carbonyl (C=O) groups is 4. The molecular formula is C17H16FNO4. The van der Waals surface area contributed by atoms with Gasteiger partial charge in [-0.2, -0.15) is 0 Å². The lowest BCUT2D eigenvalue weighted by atomic mass is 9.88. The van der Waals surface area contributed by atoms with Crippen LogP contribution in [0.5, 0.6) is 0 Å². The van der Waals surface area contributed by atoms with Crippen LogP contribution >= 0.6 is 0 Å². The maximum Gasteiger partial charge on any atom is 0.262 e. The second-order valence-corrected chi connectivity index (χ2v) is 6.10. The fourth-order valence-electron chi connectivity index (χ4n) is 3.16. The van der Waals surface area contributed by atoms with E-state index in [4.69, 9.17) is 0 Å². The van der Waals surface area contributed by atoms with Crippen LogP contribution in [0.3, 0.4) is 0 Å². The Bertz CT molecular complexity index is 727. The Kier molecular flexibility index (Phi) is 3.83. The molecule has 3 rings (SSSR count). The van der Waals surface area contributed by atoms with Gasteiger partial charge in [0.15, 0.2) is 5.78 Å². The van der Waals surface area contributed by atoms with Gasteiger partial charge in [0.1, 0.15) is 11.6 Å². The summed E-state index contributed by atoms with van der Waals surface area (Å²) >= 11 is 0. The maximum atomic E-state index is 13.3. The Labute approximate surface area is 132 Å². The molecule has 1 aliphatic heterocycles. The highest BCUT2D eigenvalue weighted by atomic mass is 19.1. The van der Waals surface area contributed by atoms with Crippen LogP contribution in [0.1, 0.15) is 53.3 Å². The molecule has 2 amide bonds. The van der Waals surface area contributed by atoms with Gasteiger partial charge in [-0.1, -0.05) is 6.92 Å². The SMILES string of the molecule is CC1CCC(=O)C(N2C(=O)c3ccc(F)cc3C2=O)CCC1=O. The minimum Gasteiger partial charge on any atom is -0.299 e. The zero-order valence-corrected chi connectivity index (χ0v) is 12.7. The smallest absolute Gasteiger partial charge is 0.262 e. The standard InChI is InChI=1S/C17H16FNO4/c1-9-2-6-15(21)13(5-7-14(9)20)19-16(22)11-4-3-10(18)8-12(11)17(19)23/h3-4,8-9,13H,2,5-7H2,1H3. The number of halogens is 1. The largest absolute Gasteiger partial charge is 0.299 e. The van der Waals surface area contributed by atoms with Crippen molar-refractivity contribution in [2.45, 2.75) is 38.6 Å². The molecule has 0 aromatic heterocycles. The number of Topliss-reactive ketones (excluding diaryl/α,β-unsaturated/α-hetero) is 2. The van der Waals surface area contributed by atoms with E-state index in [2.05, 4.69) is 0 Å². The molecule has 2 unspecified atom stereocenters. The number of fused-ring (bicyclic) bond motifs is 1. The van der Waals surface area contributed by atoms with Crippen molar-refractivity contribution in [3.8, 4) is 0 Å². The lowest BCUT2D eigenvalue weighted by Gasteiger charge is -2.27. The molecule has 1 aromatic carbocycles. The summed E-state index contributed by atoms with van der Waals surface area (Å²) in [6, 6.07) is 2.43. The van der Waals surface area contributed by atoms with Crippen molar-refractivity contribution in [3.63, 3.8) is 0 Å². The molecule has 1 fully saturated rings. The molecule has 1 aliphatic carbocycles. The molecular weight excluding hydrogens is 301 g/mol. The van der Waals surface area contributed by atoms with Crippen LogP contribution in [0, 0.1) is 11.7 Å². The number of amides is 2. The summed E-state index contributed by atoms with van der Waals surface area (Å²) in [5.74, 6) is -2.24. The van der Waals surface area contributed by atoms with Crippen molar-refractivity contribution >= 4 is 23.4 Å². The molecule has 5 nitrogen and oxygen atoms in total. The van der Waals surface area contributed by atoms with Crippen molar-refractivity contribution < 1.29 is 23.6 Å². The van der Waals surface area contributed by atoms with E-state index in [1.54, 1.807) is 6.92 Å². The number of benzene rings is 1. The Morgan fingerprint density at radius 3 is 2.35 bits per heavy atom. The second-order valence-electron chi connectivity index (χ2n) is 6.10. The van der Waals surface area contributed by atoms with E-state index in [-0.39, 0.29) is 47.9 Å². The molecule has 23 heavy (non-hydrogen) atoms. The topological polar surface area (TPSA) is 71.5 Å². The summed E-state index contributed by atoms with van der Waals surface area (Å²) < 4.78 is 13.3. The molecule has 0 radical (unpaired) electrons. The number of hydrogen-bond acceptors (Lipinski definition) is 4. The predicted octanol–water partition coefficient (Wildman–Crippen LogP) is 2.14. The van der Waals surface area contributed by atoms with E-state index in [1.165, 1.54) is 6.07 Å². The van der Waals surface area contributed by atoms with E-state index in [0.29, 0.717) is 6.42 Å². The third-order valence-electron chi connectivity index (χ3n) is 4.60. The summed E-state index contributed by atoms with van der Waals surface area (Å²) in [4.78, 5) is 50.1. The fourth-order valence-corrected chi connectivity index (χ4v) is 3.16. The molecule has 2 atom stereocenters. The molecule has 0 spiro atoms. The number of ketones is 2. The number of rotatable bonds is 1. The highest BCUT2D eigenvalue weighted by Gasteiger charge is 2.43. The normalized spacial score (nSPS) is 25.4. The molecule has 1 heterocycles. The van der Waals surface area contributed by atoms with E-state index >= 15 is 0 Å². The van der Waals surface area contributed by atoms with Gasteiger partial charge >= 0.3 is 0 Å². The zero-order chi connectivity index (χ0) is 16.7. The highest BCUT2D eigenvalue weighted by molar-refractivity contribution is 6.23. The third-order valence-corrected chi connectivity index (χ3v) is 4.60. The number of nitrogens with zero attached hydrogens (tertiary/aromatic N) is 1. The van der Waals surface area contributed by atoms with E-state index in [9.17, 15) is 23.6 Å². The molecule has 1 saturated carbocycles. The first-order chi connectivity index (χ1) is 10.9. The van der Waals surface area contributed by atoms with E-state index in [1.807, 2.05) is 0 Å². The number of hydrogen-bond donors (Lipinski definition) is 0. The van der Waals surface area contributed by atoms with Crippen LogP contribution in [-0.4, -0.2) is 34.3 Å². The van der Waals surface area contributed by atoms with Gasteiger partial charge in [-0.3, -0.25) is 24.1 Å². The average Bonchev–Trinajstić information content (AvgIpc) is 2.76. The Balaban J connectivity index is 1.92. The van der Waals surface area contributed by atoms with Gasteiger partial charge in [0.05, 0.1) is 17.2 Å². The molecule has 120 valence electrons. The summed E-state index contributed by atoms with van der Waals surface area (Å²) in [6.45, 7) is 1.78. The lowest BCUT2D eigenvalue weighted by molar-refractivity contribution is -0.128. The van der Waals surface area contributed by atoms with Gasteiger partial charge in [0.2, 0.25) is 0 Å². The molecule has 1 aromatic rings. The zero-order valence-electron chi connectivity index (χ0n) is 12.7. The first-order valence-corrected chi connectivity index (χ1v) is 7.63. The van der Waals surface area contributed by atoms with Crippen LogP contribution in [0.4, 0.5) is 4.39 Å². The summed E-state index contributed by atoms with van der Waals surface area (Å²) in [6.07, 6.45) is 0.862. The fraction of sp³-hybridized carbons (Fsp3) is 0.412. The minimum atomic E-state index is -0.943. The van der Waals surface area contributed by atoms with Crippen molar-refractivity contribution in [1.29, 1.82) is 0 Å². The summed E-state index contributed by atoms with van der Waals surface area (Å²) in [5, 5.41) is 0. The van der Waals surface area contributed by atoms with Crippen LogP contribution in [0.15, 0.2) is 18.2 Å². The van der Waals surface area contributed by atoms with Crippen molar-refractivity contribution in [2.24, 2.45) is 5.92 Å². The number of imide groups is 1. The van der Waals surface area contributed by atoms with Crippen molar-refractivity contribution in [2.75, 3.05) is 0 Å². The number of carbonyl (C=O) groups excluding carboxylic acids is 4. The maximum absolute atomic E-state index is 13.3. The molecule has 0 bridgehead atoms. The van der Waals surface area contributed by atoms with Gasteiger partial charge in [0.25, 0.3) is 11.8 Å². The van der Waals surface area contributed by atoms with Gasteiger partial charge in [-0.05, 0) is 31.0 Å². The van der Waals surface area contributed by atoms with Gasteiger partial charge in [0, 0.05) is 18.8 Å². The molecule has 0 N–H and O–H groups in total. The lowest BCUT2D eigenvalue weighted by Crippen LogP contribution is -2.46. The first-order valence-electron chi connectivity index (χ1n) is 7.63. The summed E-state index contributed by atoms with van der Waals surface area (Å²) in [7, 11) is 0. The van der Waals surface area contributed by atoms with Gasteiger partial charge < -0.3 is 0 Å². The Hall–Kier alpha value is -2.37. The van der Waals surface area contributed by atoms with E-state index < -0.39 is 23.7 Å². The van der Waals surface area contributed by atoms with E-state index in [0.717, 1.165) is 17.0 Å². The Morgan fingerprint density at radius 2 is 1.61 bits per heavy atom. The quantitative estimate of drug-likeness (QED) is 0.744. The molecule has 0 saturated heterocycles. The first kappa shape index (κ1) is 15.5. The minimum absolute atomic E-state index is 0.0236. The Morgan fingerprint density at radius 1 is 0.957 bits per heavy atom. The van der Waals surface area contributed by atoms with Gasteiger partial charge in [-0.15, -0.1) is 0 Å². The second kappa shape index (κ2) is 5.68. The van der Waals surface area contributed by atoms with Crippen molar-refractivity contribution in [3.05, 3.63) is 35.1 Å². The van der Waals surface area contributed by atoms with Gasteiger partial charge in [-0.25, -0.2) is 4.39 Å². The van der Waals surface area contributed by atoms with Crippen LogP contribution in [0.2, 0.25) is 0 Å². The van der Waals surface area contributed by atoms with Crippen LogP contribution in [-0.2, 0) is 9.59 Å².